The summed E-state index contributed by atoms with van der Waals surface area (Å²) < 4.78 is 58.6. The minimum absolute atomic E-state index is 0.164. The summed E-state index contributed by atoms with van der Waals surface area (Å²) in [6.07, 6.45) is 1.17. The fourth-order valence-corrected chi connectivity index (χ4v) is 6.99. The maximum absolute atomic E-state index is 13.2. The van der Waals surface area contributed by atoms with Gasteiger partial charge >= 0.3 is 0 Å². The Morgan fingerprint density at radius 2 is 1.75 bits per heavy atom. The highest BCUT2D eigenvalue weighted by atomic mass is 32.2. The van der Waals surface area contributed by atoms with Crippen LogP contribution in [0.1, 0.15) is 25.3 Å². The summed E-state index contributed by atoms with van der Waals surface area (Å²) in [5.41, 5.74) is 0.732. The number of aryl methyl sites for hydroxylation is 1. The lowest BCUT2D eigenvalue weighted by atomic mass is 10.2. The molecule has 0 spiro atoms. The zero-order valence-electron chi connectivity index (χ0n) is 16.0. The summed E-state index contributed by atoms with van der Waals surface area (Å²) in [7, 11) is -7.35. The van der Waals surface area contributed by atoms with E-state index >= 15 is 0 Å². The molecule has 2 aromatic rings. The smallest absolute Gasteiger partial charge is 0.243 e. The first-order valence-electron chi connectivity index (χ1n) is 9.29. The average Bonchev–Trinajstić information content (AvgIpc) is 3.12. The minimum atomic E-state index is -3.78. The summed E-state index contributed by atoms with van der Waals surface area (Å²) >= 11 is 0. The van der Waals surface area contributed by atoms with Crippen molar-refractivity contribution in [2.24, 2.45) is 0 Å². The van der Waals surface area contributed by atoms with E-state index in [2.05, 4.69) is 0 Å². The fourth-order valence-electron chi connectivity index (χ4n) is 3.50. The minimum Gasteiger partial charge on any atom is -0.494 e. The van der Waals surface area contributed by atoms with Gasteiger partial charge in [0.05, 0.1) is 22.2 Å². The van der Waals surface area contributed by atoms with Crippen molar-refractivity contribution in [2.45, 2.75) is 42.5 Å². The van der Waals surface area contributed by atoms with E-state index in [9.17, 15) is 16.8 Å². The number of sulfone groups is 1. The molecule has 1 unspecified atom stereocenters. The van der Waals surface area contributed by atoms with E-state index in [-0.39, 0.29) is 15.5 Å². The highest BCUT2D eigenvalue weighted by molar-refractivity contribution is 7.91. The molecule has 6 nitrogen and oxygen atoms in total. The van der Waals surface area contributed by atoms with Gasteiger partial charge in [0.15, 0.2) is 9.84 Å². The fraction of sp³-hybridized carbons (Fsp3) is 0.400. The second-order valence-electron chi connectivity index (χ2n) is 6.87. The van der Waals surface area contributed by atoms with E-state index in [4.69, 9.17) is 4.74 Å². The van der Waals surface area contributed by atoms with Crippen molar-refractivity contribution in [1.82, 2.24) is 4.31 Å². The third kappa shape index (κ3) is 4.24. The zero-order valence-corrected chi connectivity index (χ0v) is 17.7. The summed E-state index contributed by atoms with van der Waals surface area (Å²) in [5.74, 6) is 0.428. The number of nitrogens with zero attached hydrogens (tertiary/aromatic N) is 1. The molecule has 0 amide bonds. The van der Waals surface area contributed by atoms with Crippen LogP contribution in [0.5, 0.6) is 5.75 Å². The maximum atomic E-state index is 13.2. The molecule has 28 heavy (non-hydrogen) atoms. The van der Waals surface area contributed by atoms with Gasteiger partial charge in [0.25, 0.3) is 0 Å². The van der Waals surface area contributed by atoms with Gasteiger partial charge in [0, 0.05) is 12.6 Å². The van der Waals surface area contributed by atoms with Crippen LogP contribution >= 0.6 is 0 Å². The van der Waals surface area contributed by atoms with Gasteiger partial charge in [0.1, 0.15) is 5.75 Å². The van der Waals surface area contributed by atoms with Gasteiger partial charge in [0.2, 0.25) is 10.0 Å². The van der Waals surface area contributed by atoms with Gasteiger partial charge in [-0.2, -0.15) is 4.31 Å². The third-order valence-corrected chi connectivity index (χ3v) is 8.65. The Balaban J connectivity index is 1.86. The molecule has 0 bridgehead atoms. The van der Waals surface area contributed by atoms with Crippen LogP contribution in [0.2, 0.25) is 0 Å². The van der Waals surface area contributed by atoms with Crippen LogP contribution in [-0.4, -0.2) is 46.1 Å². The van der Waals surface area contributed by atoms with E-state index in [0.29, 0.717) is 31.7 Å². The molecule has 1 heterocycles. The molecule has 8 heteroatoms. The largest absolute Gasteiger partial charge is 0.494 e. The van der Waals surface area contributed by atoms with Crippen LogP contribution in [-0.2, 0) is 19.9 Å². The number of rotatable bonds is 7. The second-order valence-corrected chi connectivity index (χ2v) is 10.8. The quantitative estimate of drug-likeness (QED) is 0.684. The Kier molecular flexibility index (Phi) is 6.12. The van der Waals surface area contributed by atoms with E-state index in [1.165, 1.54) is 10.4 Å². The first kappa shape index (κ1) is 20.8. The van der Waals surface area contributed by atoms with Crippen LogP contribution < -0.4 is 4.74 Å². The molecular weight excluding hydrogens is 398 g/mol. The topological polar surface area (TPSA) is 80.8 Å². The lowest BCUT2D eigenvalue weighted by molar-refractivity contribution is 0.337. The summed E-state index contributed by atoms with van der Waals surface area (Å²) in [6.45, 7) is 4.49. The van der Waals surface area contributed by atoms with Crippen molar-refractivity contribution in [3.8, 4) is 5.75 Å². The molecule has 0 aromatic heterocycles. The van der Waals surface area contributed by atoms with Gasteiger partial charge in [-0.15, -0.1) is 0 Å². The van der Waals surface area contributed by atoms with Crippen LogP contribution in [0.4, 0.5) is 0 Å². The van der Waals surface area contributed by atoms with Crippen molar-refractivity contribution in [3.05, 3.63) is 54.1 Å². The molecule has 0 N–H and O–H groups in total. The monoisotopic (exact) mass is 423 g/mol. The molecule has 2 aromatic carbocycles. The molecule has 0 radical (unpaired) electrons. The highest BCUT2D eigenvalue weighted by Gasteiger charge is 2.38. The molecule has 1 atom stereocenters. The Labute approximate surface area is 167 Å². The van der Waals surface area contributed by atoms with Crippen LogP contribution in [0, 0.1) is 6.92 Å². The predicted molar refractivity (Wildman–Crippen MR) is 108 cm³/mol. The molecule has 1 fully saturated rings. The lowest BCUT2D eigenvalue weighted by Gasteiger charge is -2.24. The van der Waals surface area contributed by atoms with Gasteiger partial charge < -0.3 is 4.74 Å². The SMILES string of the molecule is CCOc1ccc(S(=O)(=O)N2CCCC2CS(=O)(=O)c2ccccc2)cc1C. The normalized spacial score (nSPS) is 18.3. The molecule has 152 valence electrons. The number of benzene rings is 2. The standard InChI is InChI=1S/C20H25NO5S2/c1-3-26-20-12-11-19(14-16(20)2)28(24,25)21-13-7-8-17(21)15-27(22,23)18-9-5-4-6-10-18/h4-6,9-12,14,17H,3,7-8,13,15H2,1-2H3. The number of hydrogen-bond donors (Lipinski definition) is 0. The Hall–Kier alpha value is -1.90. The van der Waals surface area contributed by atoms with Crippen LogP contribution in [0.25, 0.3) is 0 Å². The second kappa shape index (κ2) is 8.23. The van der Waals surface area contributed by atoms with Gasteiger partial charge in [-0.05, 0) is 62.6 Å². The summed E-state index contributed by atoms with van der Waals surface area (Å²) in [4.78, 5) is 0.383. The van der Waals surface area contributed by atoms with Crippen LogP contribution in [0.3, 0.4) is 0 Å². The van der Waals surface area contributed by atoms with Crippen molar-refractivity contribution in [3.63, 3.8) is 0 Å². The summed E-state index contributed by atoms with van der Waals surface area (Å²) in [5, 5.41) is 0. The Morgan fingerprint density at radius 1 is 1.04 bits per heavy atom. The van der Waals surface area contributed by atoms with E-state index < -0.39 is 25.9 Å². The van der Waals surface area contributed by atoms with E-state index in [0.717, 1.165) is 5.56 Å². The zero-order chi connectivity index (χ0) is 20.4. The predicted octanol–water partition coefficient (Wildman–Crippen LogP) is 3.02. The lowest BCUT2D eigenvalue weighted by Crippen LogP contribution is -2.39. The maximum Gasteiger partial charge on any atom is 0.243 e. The molecular formula is C20H25NO5S2. The van der Waals surface area contributed by atoms with Gasteiger partial charge in [-0.3, -0.25) is 0 Å². The number of sulfonamides is 1. The van der Waals surface area contributed by atoms with Crippen molar-refractivity contribution >= 4 is 19.9 Å². The highest BCUT2D eigenvalue weighted by Crippen LogP contribution is 2.30. The molecule has 3 rings (SSSR count). The molecule has 1 aliphatic rings. The Bertz CT molecular complexity index is 1030. The first-order valence-corrected chi connectivity index (χ1v) is 12.4. The third-order valence-electron chi connectivity index (χ3n) is 4.89. The summed E-state index contributed by atoms with van der Waals surface area (Å²) in [6, 6.07) is 12.4. The number of ether oxygens (including phenoxy) is 1. The van der Waals surface area contributed by atoms with Crippen molar-refractivity contribution in [2.75, 3.05) is 18.9 Å². The van der Waals surface area contributed by atoms with Crippen LogP contribution in [0.15, 0.2) is 58.3 Å². The Morgan fingerprint density at radius 3 is 2.39 bits per heavy atom. The average molecular weight is 424 g/mol. The molecule has 0 saturated carbocycles. The molecule has 1 saturated heterocycles. The van der Waals surface area contributed by atoms with E-state index in [1.807, 2.05) is 6.92 Å². The van der Waals surface area contributed by atoms with Crippen molar-refractivity contribution in [1.29, 1.82) is 0 Å². The van der Waals surface area contributed by atoms with Crippen molar-refractivity contribution < 1.29 is 21.6 Å². The number of hydrogen-bond acceptors (Lipinski definition) is 5. The first-order chi connectivity index (χ1) is 13.3. The molecule has 0 aliphatic carbocycles. The van der Waals surface area contributed by atoms with Gasteiger partial charge in [-0.1, -0.05) is 18.2 Å². The molecule has 1 aliphatic heterocycles. The van der Waals surface area contributed by atoms with E-state index in [1.54, 1.807) is 49.4 Å². The van der Waals surface area contributed by atoms with Gasteiger partial charge in [-0.25, -0.2) is 16.8 Å².